The largest absolute Gasteiger partial charge is 0.573 e. The molecule has 4 atom stereocenters. The predicted molar refractivity (Wildman–Crippen MR) is 124 cm³/mol. The maximum absolute atomic E-state index is 13.5. The molecule has 2 fully saturated rings. The van der Waals surface area contributed by atoms with E-state index >= 15 is 0 Å². The normalized spacial score (nSPS) is 21.1. The van der Waals surface area contributed by atoms with Crippen molar-refractivity contribution in [1.29, 1.82) is 0 Å². The van der Waals surface area contributed by atoms with E-state index in [2.05, 4.69) is 22.7 Å². The van der Waals surface area contributed by atoms with Crippen molar-refractivity contribution in [2.24, 2.45) is 0 Å². The molecule has 0 aromatic heterocycles. The second kappa shape index (κ2) is 10.4. The standard InChI is InChI=1S/C24H23F3N2O6S/c25-24(26,27)35-16-7-3-14(4-8-16)22(32)28-17(11-20(36)13-1-5-15(30)6-2-13)23(33)29-10-9-19-21(29)18(31)12-34-19/h1-8,17,19-21,30,36H,9-12H2,(H,28,32)/t17-,19?,20+,21+/m0/s1. The number of phenolic OH excluding ortho intramolecular Hbond substituents is 1. The summed E-state index contributed by atoms with van der Waals surface area (Å²) in [6.07, 6.45) is -4.71. The van der Waals surface area contributed by atoms with Gasteiger partial charge >= 0.3 is 6.36 Å². The number of nitrogens with one attached hydrogen (secondary N) is 1. The quantitative estimate of drug-likeness (QED) is 0.481. The highest BCUT2D eigenvalue weighted by Crippen LogP contribution is 2.31. The molecule has 192 valence electrons. The van der Waals surface area contributed by atoms with Crippen LogP contribution in [0.5, 0.6) is 11.5 Å². The van der Waals surface area contributed by atoms with Gasteiger partial charge in [-0.15, -0.1) is 13.2 Å². The fourth-order valence-electron chi connectivity index (χ4n) is 4.37. The Morgan fingerprint density at radius 1 is 1.17 bits per heavy atom. The Morgan fingerprint density at radius 2 is 1.83 bits per heavy atom. The molecular weight excluding hydrogens is 501 g/mol. The van der Waals surface area contributed by atoms with Crippen molar-refractivity contribution in [3.63, 3.8) is 0 Å². The average molecular weight is 525 g/mol. The molecule has 2 aromatic rings. The zero-order valence-corrected chi connectivity index (χ0v) is 19.7. The third-order valence-corrected chi connectivity index (χ3v) is 6.59. The van der Waals surface area contributed by atoms with Gasteiger partial charge in [-0.2, -0.15) is 12.6 Å². The Hall–Kier alpha value is -3.25. The van der Waals surface area contributed by atoms with Crippen LogP contribution in [0.15, 0.2) is 48.5 Å². The number of rotatable bonds is 7. The first kappa shape index (κ1) is 25.8. The number of hydrogen-bond acceptors (Lipinski definition) is 7. The van der Waals surface area contributed by atoms with Gasteiger partial charge in [0, 0.05) is 17.4 Å². The number of thiol groups is 1. The summed E-state index contributed by atoms with van der Waals surface area (Å²) in [6.45, 7) is 0.206. The summed E-state index contributed by atoms with van der Waals surface area (Å²) in [5.74, 6) is -1.82. The Morgan fingerprint density at radius 3 is 2.47 bits per heavy atom. The molecule has 2 heterocycles. The van der Waals surface area contributed by atoms with E-state index in [-0.39, 0.29) is 42.8 Å². The molecule has 12 heteroatoms. The minimum Gasteiger partial charge on any atom is -0.508 e. The molecule has 8 nitrogen and oxygen atoms in total. The highest BCUT2D eigenvalue weighted by molar-refractivity contribution is 7.80. The second-order valence-corrected chi connectivity index (χ2v) is 9.15. The van der Waals surface area contributed by atoms with Crippen LogP contribution in [0.2, 0.25) is 0 Å². The summed E-state index contributed by atoms with van der Waals surface area (Å²) in [5, 5.41) is 11.7. The Labute approximate surface area is 209 Å². The third-order valence-electron chi connectivity index (χ3n) is 6.09. The Balaban J connectivity index is 1.53. The van der Waals surface area contributed by atoms with E-state index in [0.29, 0.717) is 12.0 Å². The number of nitrogens with zero attached hydrogens (tertiary/aromatic N) is 1. The molecule has 4 rings (SSSR count). The highest BCUT2D eigenvalue weighted by atomic mass is 32.1. The molecule has 1 unspecified atom stereocenters. The zero-order chi connectivity index (χ0) is 26.0. The molecule has 36 heavy (non-hydrogen) atoms. The molecule has 2 saturated heterocycles. The van der Waals surface area contributed by atoms with Gasteiger partial charge in [0.25, 0.3) is 5.91 Å². The van der Waals surface area contributed by atoms with E-state index in [1.54, 1.807) is 12.1 Å². The van der Waals surface area contributed by atoms with Crippen LogP contribution in [0.3, 0.4) is 0 Å². The van der Waals surface area contributed by atoms with Gasteiger partial charge in [0.05, 0.1) is 6.10 Å². The van der Waals surface area contributed by atoms with Gasteiger partial charge < -0.3 is 24.8 Å². The first-order valence-electron chi connectivity index (χ1n) is 11.1. The molecule has 2 N–H and O–H groups in total. The minimum atomic E-state index is -4.87. The fraction of sp³-hybridized carbons (Fsp3) is 0.375. The number of carbonyl (C=O) groups excluding carboxylic acids is 3. The van der Waals surface area contributed by atoms with Crippen molar-refractivity contribution in [2.75, 3.05) is 13.2 Å². The summed E-state index contributed by atoms with van der Waals surface area (Å²) in [5.41, 5.74) is 0.707. The number of alkyl halides is 3. The molecule has 2 amide bonds. The van der Waals surface area contributed by atoms with Gasteiger partial charge in [-0.05, 0) is 54.8 Å². The predicted octanol–water partition coefficient (Wildman–Crippen LogP) is 3.02. The van der Waals surface area contributed by atoms with Crippen molar-refractivity contribution in [2.45, 2.75) is 42.6 Å². The van der Waals surface area contributed by atoms with Gasteiger partial charge in [-0.25, -0.2) is 0 Å². The van der Waals surface area contributed by atoms with Crippen LogP contribution in [-0.4, -0.2) is 65.3 Å². The van der Waals surface area contributed by atoms with E-state index in [4.69, 9.17) is 4.74 Å². The Kier molecular flexibility index (Phi) is 7.46. The van der Waals surface area contributed by atoms with Crippen LogP contribution in [0, 0.1) is 0 Å². The van der Waals surface area contributed by atoms with Gasteiger partial charge in [0.15, 0.2) is 5.78 Å². The number of phenols is 1. The molecule has 2 aliphatic rings. The van der Waals surface area contributed by atoms with Gasteiger partial charge in [-0.3, -0.25) is 14.4 Å². The Bertz CT molecular complexity index is 1130. The summed E-state index contributed by atoms with van der Waals surface area (Å²) in [6, 6.07) is 8.69. The minimum absolute atomic E-state index is 0.0160. The van der Waals surface area contributed by atoms with Crippen LogP contribution in [0.4, 0.5) is 13.2 Å². The number of benzene rings is 2. The molecule has 2 aromatic carbocycles. The zero-order valence-electron chi connectivity index (χ0n) is 18.8. The monoisotopic (exact) mass is 524 g/mol. The van der Waals surface area contributed by atoms with Crippen molar-refractivity contribution in [3.8, 4) is 11.5 Å². The second-order valence-electron chi connectivity index (χ2n) is 8.52. The fourth-order valence-corrected chi connectivity index (χ4v) is 4.75. The molecule has 0 bridgehead atoms. The number of ketones is 1. The van der Waals surface area contributed by atoms with Crippen LogP contribution in [-0.2, 0) is 14.3 Å². The number of Topliss-reactive ketones (excluding diaryl/α,β-unsaturated/α-hetero) is 1. The molecular formula is C24H23F3N2O6S. The number of halogens is 3. The van der Waals surface area contributed by atoms with Crippen LogP contribution in [0.1, 0.15) is 34.0 Å². The average Bonchev–Trinajstić information content (AvgIpc) is 3.41. The summed E-state index contributed by atoms with van der Waals surface area (Å²) in [7, 11) is 0. The lowest BCUT2D eigenvalue weighted by Crippen LogP contribution is -2.52. The molecule has 0 aliphatic carbocycles. The first-order chi connectivity index (χ1) is 17.0. The number of fused-ring (bicyclic) bond motifs is 1. The lowest BCUT2D eigenvalue weighted by molar-refractivity contribution is -0.274. The van der Waals surface area contributed by atoms with Crippen molar-refractivity contribution in [3.05, 3.63) is 59.7 Å². The van der Waals surface area contributed by atoms with Crippen molar-refractivity contribution in [1.82, 2.24) is 10.2 Å². The van der Waals surface area contributed by atoms with Crippen molar-refractivity contribution >= 4 is 30.2 Å². The van der Waals surface area contributed by atoms with E-state index in [9.17, 15) is 32.7 Å². The first-order valence-corrected chi connectivity index (χ1v) is 11.6. The smallest absolute Gasteiger partial charge is 0.508 e. The lowest BCUT2D eigenvalue weighted by Gasteiger charge is -2.29. The number of likely N-dealkylation sites (tertiary alicyclic amines) is 1. The number of amides is 2. The maximum atomic E-state index is 13.5. The van der Waals surface area contributed by atoms with Gasteiger partial charge in [-0.1, -0.05) is 12.1 Å². The van der Waals surface area contributed by atoms with E-state index in [1.165, 1.54) is 17.0 Å². The van der Waals surface area contributed by atoms with E-state index in [1.807, 2.05) is 0 Å². The van der Waals surface area contributed by atoms with Crippen LogP contribution < -0.4 is 10.1 Å². The van der Waals surface area contributed by atoms with E-state index in [0.717, 1.165) is 24.3 Å². The molecule has 0 radical (unpaired) electrons. The highest BCUT2D eigenvalue weighted by Gasteiger charge is 2.48. The van der Waals surface area contributed by atoms with Crippen LogP contribution >= 0.6 is 12.6 Å². The van der Waals surface area contributed by atoms with E-state index < -0.39 is 41.3 Å². The number of hydrogen-bond donors (Lipinski definition) is 3. The molecule has 0 spiro atoms. The number of carbonyl (C=O) groups is 3. The molecule has 2 aliphatic heterocycles. The number of aromatic hydroxyl groups is 1. The summed E-state index contributed by atoms with van der Waals surface area (Å²) < 4.78 is 46.5. The number of ether oxygens (including phenoxy) is 2. The SMILES string of the molecule is O=C(N[C@@H](C[C@@H](S)c1ccc(O)cc1)C(=O)N1CCC2OCC(=O)[C@H]21)c1ccc(OC(F)(F)F)cc1. The lowest BCUT2D eigenvalue weighted by atomic mass is 10.0. The van der Waals surface area contributed by atoms with Crippen molar-refractivity contribution < 1.29 is 42.1 Å². The molecule has 0 saturated carbocycles. The maximum Gasteiger partial charge on any atom is 0.573 e. The van der Waals surface area contributed by atoms with Gasteiger partial charge in [0.2, 0.25) is 5.91 Å². The third kappa shape index (κ3) is 5.93. The van der Waals surface area contributed by atoms with Gasteiger partial charge in [0.1, 0.15) is 30.2 Å². The topological polar surface area (TPSA) is 105 Å². The summed E-state index contributed by atoms with van der Waals surface area (Å²) in [4.78, 5) is 40.2. The summed E-state index contributed by atoms with van der Waals surface area (Å²) >= 11 is 4.57. The van der Waals surface area contributed by atoms with Crippen LogP contribution in [0.25, 0.3) is 0 Å².